The van der Waals surface area contributed by atoms with Gasteiger partial charge in [0.1, 0.15) is 5.82 Å². The smallest absolute Gasteiger partial charge is 0.172 e. The van der Waals surface area contributed by atoms with Gasteiger partial charge in [0.2, 0.25) is 0 Å². The highest BCUT2D eigenvalue weighted by Gasteiger charge is 2.13. The minimum atomic E-state index is -0.471. The Morgan fingerprint density at radius 1 is 1.11 bits per heavy atom. The molecule has 0 aromatic heterocycles. The van der Waals surface area contributed by atoms with Crippen molar-refractivity contribution in [3.63, 3.8) is 0 Å². The number of nitrogens with two attached hydrogens (primary N) is 1. The molecule has 0 amide bonds. The molecule has 0 saturated heterocycles. The minimum Gasteiger partial charge on any atom is -0.494 e. The van der Waals surface area contributed by atoms with Crippen LogP contribution in [0.4, 0.5) is 8.78 Å². The third-order valence-corrected chi connectivity index (χ3v) is 2.76. The van der Waals surface area contributed by atoms with E-state index in [9.17, 15) is 8.78 Å². The summed E-state index contributed by atoms with van der Waals surface area (Å²) in [7, 11) is 1.40. The summed E-state index contributed by atoms with van der Waals surface area (Å²) >= 11 is 0. The highest BCUT2D eigenvalue weighted by Crippen LogP contribution is 2.31. The Labute approximate surface area is 104 Å². The Kier molecular flexibility index (Phi) is 3.58. The number of hydrogen-bond acceptors (Lipinski definition) is 2. The fourth-order valence-corrected chi connectivity index (χ4v) is 1.87. The molecule has 2 N–H and O–H groups in total. The maximum absolute atomic E-state index is 14.1. The number of rotatable bonds is 3. The summed E-state index contributed by atoms with van der Waals surface area (Å²) in [4.78, 5) is 0. The van der Waals surface area contributed by atoms with Gasteiger partial charge in [-0.25, -0.2) is 8.78 Å². The molecule has 2 nitrogen and oxygen atoms in total. The first-order chi connectivity index (χ1) is 8.67. The Balaban J connectivity index is 2.62. The number of halogens is 2. The number of hydrogen-bond donors (Lipinski definition) is 1. The van der Waals surface area contributed by atoms with Crippen LogP contribution >= 0.6 is 0 Å². The maximum atomic E-state index is 14.1. The summed E-state index contributed by atoms with van der Waals surface area (Å²) in [6, 6.07) is 8.95. The van der Waals surface area contributed by atoms with Crippen LogP contribution in [0.3, 0.4) is 0 Å². The van der Waals surface area contributed by atoms with Crippen LogP contribution in [0.15, 0.2) is 36.4 Å². The van der Waals surface area contributed by atoms with Gasteiger partial charge in [0.05, 0.1) is 7.11 Å². The molecule has 0 radical (unpaired) electrons. The topological polar surface area (TPSA) is 35.2 Å². The van der Waals surface area contributed by atoms with Gasteiger partial charge >= 0.3 is 0 Å². The average molecular weight is 249 g/mol. The molecule has 2 aromatic carbocycles. The first kappa shape index (κ1) is 12.5. The second-order valence-corrected chi connectivity index (χ2v) is 3.83. The summed E-state index contributed by atoms with van der Waals surface area (Å²) in [5, 5.41) is 0. The van der Waals surface area contributed by atoms with Crippen LogP contribution in [0.5, 0.6) is 5.75 Å². The normalized spacial score (nSPS) is 10.4. The molecule has 0 aliphatic carbocycles. The van der Waals surface area contributed by atoms with Crippen LogP contribution in [0.25, 0.3) is 11.1 Å². The molecule has 0 heterocycles. The van der Waals surface area contributed by atoms with Gasteiger partial charge in [0.25, 0.3) is 0 Å². The fourth-order valence-electron chi connectivity index (χ4n) is 1.87. The third kappa shape index (κ3) is 2.19. The van der Waals surface area contributed by atoms with E-state index < -0.39 is 5.82 Å². The van der Waals surface area contributed by atoms with Crippen LogP contribution < -0.4 is 10.5 Å². The van der Waals surface area contributed by atoms with E-state index in [0.717, 1.165) is 0 Å². The second-order valence-electron chi connectivity index (χ2n) is 3.83. The number of benzene rings is 2. The predicted octanol–water partition coefficient (Wildman–Crippen LogP) is 3.10. The summed E-state index contributed by atoms with van der Waals surface area (Å²) in [5.41, 5.74) is 7.05. The molecule has 94 valence electrons. The summed E-state index contributed by atoms with van der Waals surface area (Å²) in [5.74, 6) is -0.705. The SMILES string of the molecule is COc1cccc(-c2ccc(F)cc2CN)c1F. The Hall–Kier alpha value is -1.94. The zero-order valence-electron chi connectivity index (χ0n) is 9.91. The lowest BCUT2D eigenvalue weighted by Gasteiger charge is -2.11. The molecule has 0 atom stereocenters. The zero-order valence-corrected chi connectivity index (χ0v) is 9.91. The van der Waals surface area contributed by atoms with Crippen molar-refractivity contribution in [3.05, 3.63) is 53.6 Å². The number of ether oxygens (including phenoxy) is 1. The first-order valence-corrected chi connectivity index (χ1v) is 5.48. The third-order valence-electron chi connectivity index (χ3n) is 2.76. The Morgan fingerprint density at radius 3 is 2.56 bits per heavy atom. The van der Waals surface area contributed by atoms with E-state index in [4.69, 9.17) is 10.5 Å². The maximum Gasteiger partial charge on any atom is 0.172 e. The lowest BCUT2D eigenvalue weighted by Crippen LogP contribution is -2.01. The van der Waals surface area contributed by atoms with E-state index >= 15 is 0 Å². The van der Waals surface area contributed by atoms with Crippen LogP contribution in [-0.2, 0) is 6.54 Å². The molecule has 18 heavy (non-hydrogen) atoms. The van der Waals surface area contributed by atoms with Crippen molar-refractivity contribution in [2.24, 2.45) is 5.73 Å². The van der Waals surface area contributed by atoms with Crippen LogP contribution in [0.1, 0.15) is 5.56 Å². The van der Waals surface area contributed by atoms with Crippen molar-refractivity contribution in [1.29, 1.82) is 0 Å². The van der Waals surface area contributed by atoms with Crippen LogP contribution in [-0.4, -0.2) is 7.11 Å². The summed E-state index contributed by atoms with van der Waals surface area (Å²) in [6.07, 6.45) is 0. The van der Waals surface area contributed by atoms with Gasteiger partial charge in [-0.2, -0.15) is 0 Å². The van der Waals surface area contributed by atoms with Crippen molar-refractivity contribution < 1.29 is 13.5 Å². The largest absolute Gasteiger partial charge is 0.494 e. The number of methoxy groups -OCH3 is 1. The van der Waals surface area contributed by atoms with E-state index in [1.807, 2.05) is 0 Å². The summed E-state index contributed by atoms with van der Waals surface area (Å²) < 4.78 is 32.2. The van der Waals surface area contributed by atoms with Crippen molar-refractivity contribution in [3.8, 4) is 16.9 Å². The van der Waals surface area contributed by atoms with Gasteiger partial charge in [-0.15, -0.1) is 0 Å². The fraction of sp³-hybridized carbons (Fsp3) is 0.143. The van der Waals surface area contributed by atoms with Crippen molar-refractivity contribution >= 4 is 0 Å². The zero-order chi connectivity index (χ0) is 13.1. The lowest BCUT2D eigenvalue weighted by molar-refractivity contribution is 0.387. The molecule has 0 aliphatic rings. The average Bonchev–Trinajstić information content (AvgIpc) is 2.39. The molecular formula is C14H13F2NO. The molecule has 4 heteroatoms. The van der Waals surface area contributed by atoms with Gasteiger partial charge < -0.3 is 10.5 Å². The van der Waals surface area contributed by atoms with Crippen molar-refractivity contribution in [1.82, 2.24) is 0 Å². The van der Waals surface area contributed by atoms with Gasteiger partial charge in [-0.3, -0.25) is 0 Å². The quantitative estimate of drug-likeness (QED) is 0.907. The molecular weight excluding hydrogens is 236 g/mol. The van der Waals surface area contributed by atoms with Gasteiger partial charge in [-0.05, 0) is 29.3 Å². The molecule has 2 rings (SSSR count). The molecule has 0 spiro atoms. The standard InChI is InChI=1S/C14H13F2NO/c1-18-13-4-2-3-12(14(13)16)11-6-5-10(15)7-9(11)8-17/h2-7H,8,17H2,1H3. The second kappa shape index (κ2) is 5.14. The highest BCUT2D eigenvalue weighted by molar-refractivity contribution is 5.69. The molecule has 0 aliphatic heterocycles. The van der Waals surface area contributed by atoms with Gasteiger partial charge in [-0.1, -0.05) is 18.2 Å². The van der Waals surface area contributed by atoms with Crippen molar-refractivity contribution in [2.75, 3.05) is 7.11 Å². The van der Waals surface area contributed by atoms with E-state index in [1.54, 1.807) is 12.1 Å². The molecule has 0 bridgehead atoms. The van der Waals surface area contributed by atoms with Crippen LogP contribution in [0, 0.1) is 11.6 Å². The minimum absolute atomic E-state index is 0.143. The Bertz CT molecular complexity index is 570. The van der Waals surface area contributed by atoms with E-state index in [1.165, 1.54) is 31.4 Å². The van der Waals surface area contributed by atoms with Crippen LogP contribution in [0.2, 0.25) is 0 Å². The predicted molar refractivity (Wildman–Crippen MR) is 66.2 cm³/mol. The molecule has 2 aromatic rings. The van der Waals surface area contributed by atoms with E-state index in [0.29, 0.717) is 16.7 Å². The van der Waals surface area contributed by atoms with Crippen molar-refractivity contribution in [2.45, 2.75) is 6.54 Å². The van der Waals surface area contributed by atoms with E-state index in [-0.39, 0.29) is 18.1 Å². The molecule has 0 unspecified atom stereocenters. The summed E-state index contributed by atoms with van der Waals surface area (Å²) in [6.45, 7) is 0.143. The van der Waals surface area contributed by atoms with Gasteiger partial charge in [0.15, 0.2) is 11.6 Å². The Morgan fingerprint density at radius 2 is 1.89 bits per heavy atom. The first-order valence-electron chi connectivity index (χ1n) is 5.48. The highest BCUT2D eigenvalue weighted by atomic mass is 19.1. The molecule has 0 fully saturated rings. The lowest BCUT2D eigenvalue weighted by atomic mass is 9.99. The molecule has 0 saturated carbocycles. The van der Waals surface area contributed by atoms with Gasteiger partial charge in [0, 0.05) is 12.1 Å². The van der Waals surface area contributed by atoms with E-state index in [2.05, 4.69) is 0 Å². The monoisotopic (exact) mass is 249 g/mol.